The van der Waals surface area contributed by atoms with Crippen LogP contribution in [0.4, 0.5) is 5.69 Å². The van der Waals surface area contributed by atoms with Gasteiger partial charge in [0.2, 0.25) is 0 Å². The maximum Gasteiger partial charge on any atom is 0.341 e. The average molecular weight is 297 g/mol. The van der Waals surface area contributed by atoms with E-state index in [1.54, 1.807) is 31.4 Å². The first-order valence-electron chi connectivity index (χ1n) is 6.72. The lowest BCUT2D eigenvalue weighted by molar-refractivity contribution is 0.0598. The fourth-order valence-corrected chi connectivity index (χ4v) is 2.14. The minimum absolute atomic E-state index is 0.357. The third-order valence-corrected chi connectivity index (χ3v) is 3.28. The van der Waals surface area contributed by atoms with Crippen LogP contribution in [0.2, 0.25) is 0 Å². The molecule has 6 nitrogen and oxygen atoms in total. The number of pyridine rings is 1. The molecule has 0 saturated heterocycles. The number of rotatable bonds is 4. The van der Waals surface area contributed by atoms with Gasteiger partial charge in [0, 0.05) is 30.4 Å². The Kier molecular flexibility index (Phi) is 3.65. The Hall–Kier alpha value is -3.02. The summed E-state index contributed by atoms with van der Waals surface area (Å²) in [5.41, 5.74) is 1.97. The lowest BCUT2D eigenvalue weighted by Crippen LogP contribution is -2.04. The Morgan fingerprint density at radius 3 is 2.91 bits per heavy atom. The van der Waals surface area contributed by atoms with E-state index in [0.717, 1.165) is 16.7 Å². The highest BCUT2D eigenvalue weighted by molar-refractivity contribution is 5.93. The zero-order chi connectivity index (χ0) is 15.5. The van der Waals surface area contributed by atoms with E-state index < -0.39 is 5.97 Å². The highest BCUT2D eigenvalue weighted by Gasteiger charge is 2.15. The third-order valence-electron chi connectivity index (χ3n) is 3.28. The maximum absolute atomic E-state index is 11.9. The maximum atomic E-state index is 11.9. The number of aromatic amines is 1. The van der Waals surface area contributed by atoms with E-state index >= 15 is 0 Å². The third kappa shape index (κ3) is 2.58. The number of esters is 1. The van der Waals surface area contributed by atoms with E-state index in [1.165, 1.54) is 7.11 Å². The SMILES string of the molecule is CNc1ccc(C(=O)OC)c(Oc2cnc3[nH]ccc3c2)c1. The van der Waals surface area contributed by atoms with E-state index in [-0.39, 0.29) is 0 Å². The van der Waals surface area contributed by atoms with Crippen LogP contribution in [0.15, 0.2) is 42.7 Å². The summed E-state index contributed by atoms with van der Waals surface area (Å²) in [6, 6.07) is 8.95. The molecule has 0 unspecified atom stereocenters. The van der Waals surface area contributed by atoms with Gasteiger partial charge in [0.15, 0.2) is 0 Å². The molecule has 0 spiro atoms. The fourth-order valence-electron chi connectivity index (χ4n) is 2.14. The van der Waals surface area contributed by atoms with Crippen molar-refractivity contribution in [2.75, 3.05) is 19.5 Å². The standard InChI is InChI=1S/C16H15N3O3/c1-17-11-3-4-13(16(20)21-2)14(8-11)22-12-7-10-5-6-18-15(10)19-9-12/h3-9,17H,1-2H3,(H,18,19). The number of anilines is 1. The number of fused-ring (bicyclic) bond motifs is 1. The molecule has 1 aromatic carbocycles. The number of ether oxygens (including phenoxy) is 2. The highest BCUT2D eigenvalue weighted by Crippen LogP contribution is 2.30. The van der Waals surface area contributed by atoms with E-state index in [4.69, 9.17) is 9.47 Å². The first kappa shape index (κ1) is 13.9. The van der Waals surface area contributed by atoms with Gasteiger partial charge in [0.05, 0.1) is 13.3 Å². The molecular weight excluding hydrogens is 282 g/mol. The van der Waals surface area contributed by atoms with Crippen molar-refractivity contribution in [3.05, 3.63) is 48.3 Å². The summed E-state index contributed by atoms with van der Waals surface area (Å²) < 4.78 is 10.6. The summed E-state index contributed by atoms with van der Waals surface area (Å²) in [5.74, 6) is 0.509. The van der Waals surface area contributed by atoms with Gasteiger partial charge < -0.3 is 19.8 Å². The minimum Gasteiger partial charge on any atom is -0.465 e. The predicted octanol–water partition coefficient (Wildman–Crippen LogP) is 3.18. The molecule has 0 radical (unpaired) electrons. The molecular formula is C16H15N3O3. The molecule has 2 aromatic heterocycles. The fraction of sp³-hybridized carbons (Fsp3) is 0.125. The predicted molar refractivity (Wildman–Crippen MR) is 83.5 cm³/mol. The summed E-state index contributed by atoms with van der Waals surface area (Å²) in [6.07, 6.45) is 3.41. The van der Waals surface area contributed by atoms with Crippen molar-refractivity contribution >= 4 is 22.7 Å². The summed E-state index contributed by atoms with van der Waals surface area (Å²) in [4.78, 5) is 19.1. The second-order valence-corrected chi connectivity index (χ2v) is 4.64. The average Bonchev–Trinajstić information content (AvgIpc) is 3.01. The van der Waals surface area contributed by atoms with Crippen LogP contribution in [0.25, 0.3) is 11.0 Å². The van der Waals surface area contributed by atoms with Crippen LogP contribution in [0.5, 0.6) is 11.5 Å². The second kappa shape index (κ2) is 5.77. The van der Waals surface area contributed by atoms with Gasteiger partial charge in [-0.1, -0.05) is 0 Å². The molecule has 0 amide bonds. The summed E-state index contributed by atoms with van der Waals surface area (Å²) in [5, 5.41) is 3.94. The number of benzene rings is 1. The molecule has 3 rings (SSSR count). The molecule has 0 atom stereocenters. The van der Waals surface area contributed by atoms with Crippen molar-refractivity contribution in [1.29, 1.82) is 0 Å². The number of carbonyl (C=O) groups excluding carboxylic acids is 1. The number of aromatic nitrogens is 2. The van der Waals surface area contributed by atoms with Gasteiger partial charge in [0.1, 0.15) is 22.7 Å². The number of nitrogens with zero attached hydrogens (tertiary/aromatic N) is 1. The first-order valence-corrected chi connectivity index (χ1v) is 6.72. The lowest BCUT2D eigenvalue weighted by Gasteiger charge is -2.11. The van der Waals surface area contributed by atoms with Crippen molar-refractivity contribution in [3.63, 3.8) is 0 Å². The van der Waals surface area contributed by atoms with Crippen LogP contribution in [-0.2, 0) is 4.74 Å². The minimum atomic E-state index is -0.451. The molecule has 22 heavy (non-hydrogen) atoms. The zero-order valence-corrected chi connectivity index (χ0v) is 12.2. The monoisotopic (exact) mass is 297 g/mol. The molecule has 2 heterocycles. The van der Waals surface area contributed by atoms with Crippen molar-refractivity contribution in [3.8, 4) is 11.5 Å². The lowest BCUT2D eigenvalue weighted by atomic mass is 10.2. The zero-order valence-electron chi connectivity index (χ0n) is 12.2. The molecule has 0 aliphatic heterocycles. The van der Waals surface area contributed by atoms with E-state index in [9.17, 15) is 4.79 Å². The van der Waals surface area contributed by atoms with Gasteiger partial charge >= 0.3 is 5.97 Å². The summed E-state index contributed by atoms with van der Waals surface area (Å²) in [7, 11) is 3.13. The van der Waals surface area contributed by atoms with Crippen molar-refractivity contribution in [1.82, 2.24) is 9.97 Å². The largest absolute Gasteiger partial charge is 0.465 e. The van der Waals surface area contributed by atoms with Crippen LogP contribution >= 0.6 is 0 Å². The second-order valence-electron chi connectivity index (χ2n) is 4.64. The van der Waals surface area contributed by atoms with Gasteiger partial charge in [-0.05, 0) is 24.3 Å². The van der Waals surface area contributed by atoms with Gasteiger partial charge in [-0.15, -0.1) is 0 Å². The molecule has 0 fully saturated rings. The van der Waals surface area contributed by atoms with Gasteiger partial charge in [0.25, 0.3) is 0 Å². The highest BCUT2D eigenvalue weighted by atomic mass is 16.5. The summed E-state index contributed by atoms with van der Waals surface area (Å²) >= 11 is 0. The molecule has 0 saturated carbocycles. The van der Waals surface area contributed by atoms with Gasteiger partial charge in [-0.3, -0.25) is 0 Å². The van der Waals surface area contributed by atoms with Gasteiger partial charge in [-0.25, -0.2) is 9.78 Å². The van der Waals surface area contributed by atoms with E-state index in [2.05, 4.69) is 15.3 Å². The first-order chi connectivity index (χ1) is 10.7. The number of carbonyl (C=O) groups is 1. The molecule has 3 aromatic rings. The smallest absolute Gasteiger partial charge is 0.341 e. The normalized spacial score (nSPS) is 10.5. The van der Waals surface area contributed by atoms with E-state index in [0.29, 0.717) is 17.1 Å². The topological polar surface area (TPSA) is 76.2 Å². The summed E-state index contributed by atoms with van der Waals surface area (Å²) in [6.45, 7) is 0. The van der Waals surface area contributed by atoms with Crippen LogP contribution in [0.3, 0.4) is 0 Å². The molecule has 6 heteroatoms. The number of hydrogen-bond acceptors (Lipinski definition) is 5. The number of H-pyrrole nitrogens is 1. The Morgan fingerprint density at radius 2 is 2.14 bits per heavy atom. The molecule has 2 N–H and O–H groups in total. The van der Waals surface area contributed by atoms with Crippen LogP contribution in [0.1, 0.15) is 10.4 Å². The van der Waals surface area contributed by atoms with E-state index in [1.807, 2.05) is 18.3 Å². The molecule has 112 valence electrons. The van der Waals surface area contributed by atoms with Crippen LogP contribution < -0.4 is 10.1 Å². The molecule has 0 aliphatic carbocycles. The van der Waals surface area contributed by atoms with Gasteiger partial charge in [-0.2, -0.15) is 0 Å². The van der Waals surface area contributed by atoms with Crippen LogP contribution in [0, 0.1) is 0 Å². The Bertz CT molecular complexity index is 826. The Labute approximate surface area is 127 Å². The van der Waals surface area contributed by atoms with Crippen molar-refractivity contribution in [2.45, 2.75) is 0 Å². The Morgan fingerprint density at radius 1 is 1.27 bits per heavy atom. The molecule has 0 aliphatic rings. The molecule has 0 bridgehead atoms. The Balaban J connectivity index is 2.00. The number of nitrogens with one attached hydrogen (secondary N) is 2. The quantitative estimate of drug-likeness (QED) is 0.723. The van der Waals surface area contributed by atoms with Crippen molar-refractivity contribution < 1.29 is 14.3 Å². The van der Waals surface area contributed by atoms with Crippen molar-refractivity contribution in [2.24, 2.45) is 0 Å². The number of methoxy groups -OCH3 is 1. The number of hydrogen-bond donors (Lipinski definition) is 2. The van der Waals surface area contributed by atoms with Crippen LogP contribution in [-0.4, -0.2) is 30.1 Å².